The first kappa shape index (κ1) is 13.9. The fourth-order valence-electron chi connectivity index (χ4n) is 2.62. The van der Waals surface area contributed by atoms with Crippen LogP contribution in [-0.2, 0) is 17.8 Å². The Balaban J connectivity index is 2.00. The van der Waals surface area contributed by atoms with Gasteiger partial charge in [0.05, 0.1) is 17.3 Å². The summed E-state index contributed by atoms with van der Waals surface area (Å²) in [5.41, 5.74) is 8.47. The van der Waals surface area contributed by atoms with Gasteiger partial charge in [0, 0.05) is 12.1 Å². The molecule has 3 rings (SSSR count). The molecule has 4 nitrogen and oxygen atoms in total. The van der Waals surface area contributed by atoms with Gasteiger partial charge in [-0.3, -0.25) is 4.79 Å². The standard InChI is InChI=1S/C16H16ClN3O/c17-12-8-9-15(18)19-13(12)10-20-14-6-2-1-4-11(14)5-3-7-16(20)21/h1-2,4,6,8-9H,3,5,7,10H2,(H2,18,19). The minimum absolute atomic E-state index is 0.0974. The number of halogens is 1. The Labute approximate surface area is 128 Å². The number of amides is 1. The van der Waals surface area contributed by atoms with Gasteiger partial charge >= 0.3 is 0 Å². The number of rotatable bonds is 2. The Morgan fingerprint density at radius 3 is 2.86 bits per heavy atom. The minimum Gasteiger partial charge on any atom is -0.384 e. The lowest BCUT2D eigenvalue weighted by molar-refractivity contribution is -0.118. The molecule has 2 heterocycles. The highest BCUT2D eigenvalue weighted by Crippen LogP contribution is 2.29. The number of nitrogens with zero attached hydrogens (tertiary/aromatic N) is 2. The number of para-hydroxylation sites is 1. The monoisotopic (exact) mass is 301 g/mol. The third kappa shape index (κ3) is 2.85. The van der Waals surface area contributed by atoms with E-state index in [0.29, 0.717) is 29.5 Å². The molecular formula is C16H16ClN3O. The van der Waals surface area contributed by atoms with E-state index in [1.807, 2.05) is 18.2 Å². The average molecular weight is 302 g/mol. The van der Waals surface area contributed by atoms with Crippen molar-refractivity contribution >= 4 is 29.0 Å². The van der Waals surface area contributed by atoms with Crippen molar-refractivity contribution < 1.29 is 4.79 Å². The van der Waals surface area contributed by atoms with Crippen molar-refractivity contribution in [2.45, 2.75) is 25.8 Å². The number of hydrogen-bond donors (Lipinski definition) is 1. The molecule has 1 aliphatic rings. The first-order chi connectivity index (χ1) is 10.1. The van der Waals surface area contributed by atoms with E-state index >= 15 is 0 Å². The van der Waals surface area contributed by atoms with Gasteiger partial charge in [-0.2, -0.15) is 0 Å². The van der Waals surface area contributed by atoms with Gasteiger partial charge in [0.15, 0.2) is 0 Å². The predicted molar refractivity (Wildman–Crippen MR) is 84.2 cm³/mol. The summed E-state index contributed by atoms with van der Waals surface area (Å²) in [6.45, 7) is 0.347. The average Bonchev–Trinajstić information content (AvgIpc) is 2.63. The molecular weight excluding hydrogens is 286 g/mol. The van der Waals surface area contributed by atoms with Gasteiger partial charge in [0.25, 0.3) is 0 Å². The van der Waals surface area contributed by atoms with E-state index in [2.05, 4.69) is 11.1 Å². The molecule has 0 fully saturated rings. The van der Waals surface area contributed by atoms with Crippen molar-refractivity contribution in [3.8, 4) is 0 Å². The van der Waals surface area contributed by atoms with Crippen LogP contribution in [0.25, 0.3) is 0 Å². The van der Waals surface area contributed by atoms with Crippen LogP contribution in [0.5, 0.6) is 0 Å². The molecule has 0 spiro atoms. The van der Waals surface area contributed by atoms with Gasteiger partial charge in [0.2, 0.25) is 5.91 Å². The third-order valence-electron chi connectivity index (χ3n) is 3.67. The van der Waals surface area contributed by atoms with E-state index in [1.54, 1.807) is 17.0 Å². The van der Waals surface area contributed by atoms with E-state index in [4.69, 9.17) is 17.3 Å². The van der Waals surface area contributed by atoms with Crippen LogP contribution >= 0.6 is 11.6 Å². The minimum atomic E-state index is 0.0974. The number of anilines is 2. The lowest BCUT2D eigenvalue weighted by Gasteiger charge is -2.23. The van der Waals surface area contributed by atoms with Gasteiger partial charge in [-0.05, 0) is 36.6 Å². The highest BCUT2D eigenvalue weighted by molar-refractivity contribution is 6.31. The van der Waals surface area contributed by atoms with Crippen LogP contribution in [0.1, 0.15) is 24.1 Å². The number of aryl methyl sites for hydroxylation is 1. The number of nitrogens with two attached hydrogens (primary N) is 1. The second kappa shape index (κ2) is 5.74. The molecule has 1 aromatic heterocycles. The Morgan fingerprint density at radius 2 is 2.00 bits per heavy atom. The number of carbonyl (C=O) groups excluding carboxylic acids is 1. The molecule has 0 aliphatic carbocycles. The third-order valence-corrected chi connectivity index (χ3v) is 4.01. The van der Waals surface area contributed by atoms with Gasteiger partial charge in [0.1, 0.15) is 5.82 Å². The van der Waals surface area contributed by atoms with Crippen LogP contribution in [0.15, 0.2) is 36.4 Å². The maximum absolute atomic E-state index is 12.4. The van der Waals surface area contributed by atoms with Crippen molar-refractivity contribution in [3.63, 3.8) is 0 Å². The zero-order chi connectivity index (χ0) is 14.8. The number of nitrogen functional groups attached to an aromatic ring is 1. The second-order valence-corrected chi connectivity index (χ2v) is 5.53. The van der Waals surface area contributed by atoms with E-state index in [0.717, 1.165) is 18.5 Å². The normalized spacial score (nSPS) is 14.7. The highest BCUT2D eigenvalue weighted by atomic mass is 35.5. The summed E-state index contributed by atoms with van der Waals surface area (Å²) in [5.74, 6) is 0.505. The molecule has 0 radical (unpaired) electrons. The molecule has 108 valence electrons. The summed E-state index contributed by atoms with van der Waals surface area (Å²) in [4.78, 5) is 18.4. The topological polar surface area (TPSA) is 59.2 Å². The molecule has 0 bridgehead atoms. The van der Waals surface area contributed by atoms with Crippen LogP contribution in [0.3, 0.4) is 0 Å². The highest BCUT2D eigenvalue weighted by Gasteiger charge is 2.23. The van der Waals surface area contributed by atoms with Gasteiger partial charge in [-0.15, -0.1) is 0 Å². The number of aromatic nitrogens is 1. The number of hydrogen-bond acceptors (Lipinski definition) is 3. The summed E-state index contributed by atoms with van der Waals surface area (Å²) in [6.07, 6.45) is 2.32. The number of benzene rings is 1. The number of pyridine rings is 1. The van der Waals surface area contributed by atoms with Crippen LogP contribution in [0, 0.1) is 0 Å². The van der Waals surface area contributed by atoms with Crippen molar-refractivity contribution in [2.75, 3.05) is 10.6 Å². The molecule has 1 amide bonds. The van der Waals surface area contributed by atoms with Crippen LogP contribution < -0.4 is 10.6 Å². The largest absolute Gasteiger partial charge is 0.384 e. The Kier molecular flexibility index (Phi) is 3.80. The summed E-state index contributed by atoms with van der Waals surface area (Å²) in [6, 6.07) is 11.4. The molecule has 2 aromatic rings. The van der Waals surface area contributed by atoms with E-state index < -0.39 is 0 Å². The molecule has 0 saturated heterocycles. The smallest absolute Gasteiger partial charge is 0.227 e. The SMILES string of the molecule is Nc1ccc(Cl)c(CN2C(=O)CCCc3ccccc32)n1. The first-order valence-electron chi connectivity index (χ1n) is 6.94. The van der Waals surface area contributed by atoms with Crippen LogP contribution in [0.4, 0.5) is 11.5 Å². The Bertz CT molecular complexity index is 687. The fraction of sp³-hybridized carbons (Fsp3) is 0.250. The van der Waals surface area contributed by atoms with Crippen molar-refractivity contribution in [1.82, 2.24) is 4.98 Å². The van der Waals surface area contributed by atoms with Gasteiger partial charge < -0.3 is 10.6 Å². The zero-order valence-corrected chi connectivity index (χ0v) is 12.3. The molecule has 21 heavy (non-hydrogen) atoms. The molecule has 1 aliphatic heterocycles. The molecule has 0 unspecified atom stereocenters. The molecule has 2 N–H and O–H groups in total. The van der Waals surface area contributed by atoms with Crippen molar-refractivity contribution in [1.29, 1.82) is 0 Å². The Morgan fingerprint density at radius 1 is 1.19 bits per heavy atom. The number of fused-ring (bicyclic) bond motifs is 1. The Hall–Kier alpha value is -2.07. The lowest BCUT2D eigenvalue weighted by Crippen LogP contribution is -2.30. The van der Waals surface area contributed by atoms with E-state index in [-0.39, 0.29) is 5.91 Å². The van der Waals surface area contributed by atoms with E-state index in [1.165, 1.54) is 5.56 Å². The van der Waals surface area contributed by atoms with Crippen molar-refractivity contribution in [3.05, 3.63) is 52.7 Å². The van der Waals surface area contributed by atoms with Crippen LogP contribution in [0.2, 0.25) is 5.02 Å². The summed E-state index contributed by atoms with van der Waals surface area (Å²) >= 11 is 6.18. The van der Waals surface area contributed by atoms with Crippen molar-refractivity contribution in [2.24, 2.45) is 0 Å². The zero-order valence-electron chi connectivity index (χ0n) is 11.6. The molecule has 5 heteroatoms. The molecule has 0 saturated carbocycles. The molecule has 1 aromatic carbocycles. The van der Waals surface area contributed by atoms with Crippen LogP contribution in [-0.4, -0.2) is 10.9 Å². The molecule has 0 atom stereocenters. The van der Waals surface area contributed by atoms with Gasteiger partial charge in [-0.1, -0.05) is 29.8 Å². The first-order valence-corrected chi connectivity index (χ1v) is 7.32. The van der Waals surface area contributed by atoms with Gasteiger partial charge in [-0.25, -0.2) is 4.98 Å². The maximum Gasteiger partial charge on any atom is 0.227 e. The lowest BCUT2D eigenvalue weighted by atomic mass is 10.1. The predicted octanol–water partition coefficient (Wildman–Crippen LogP) is 3.19. The summed E-state index contributed by atoms with van der Waals surface area (Å²) < 4.78 is 0. The second-order valence-electron chi connectivity index (χ2n) is 5.13. The fourth-order valence-corrected chi connectivity index (χ4v) is 2.79. The maximum atomic E-state index is 12.4. The summed E-state index contributed by atoms with van der Waals surface area (Å²) in [7, 11) is 0. The number of carbonyl (C=O) groups is 1. The summed E-state index contributed by atoms with van der Waals surface area (Å²) in [5, 5.41) is 0.527. The quantitative estimate of drug-likeness (QED) is 0.926. The van der Waals surface area contributed by atoms with E-state index in [9.17, 15) is 4.79 Å².